The maximum atomic E-state index is 11.4. The van der Waals surface area contributed by atoms with Crippen molar-refractivity contribution in [2.75, 3.05) is 13.7 Å². The zero-order valence-electron chi connectivity index (χ0n) is 8.54. The number of carbonyl (C=O) groups is 1. The van der Waals surface area contributed by atoms with Crippen LogP contribution in [-0.4, -0.2) is 24.8 Å². The number of carbonyl (C=O) groups excluding carboxylic acids is 1. The topological polar surface area (TPSA) is 46.5 Å². The van der Waals surface area contributed by atoms with Gasteiger partial charge in [0.05, 0.1) is 13.0 Å². The monoisotopic (exact) mass is 186 g/mol. The fourth-order valence-corrected chi connectivity index (χ4v) is 2.29. The summed E-state index contributed by atoms with van der Waals surface area (Å²) in [5.41, 5.74) is -0.123. The van der Waals surface area contributed by atoms with E-state index in [4.69, 9.17) is 9.84 Å². The Balaban J connectivity index is 2.75. The molecule has 0 bridgehead atoms. The van der Waals surface area contributed by atoms with E-state index in [0.717, 1.165) is 12.8 Å². The number of methoxy groups -OCH3 is 1. The number of esters is 1. The third-order valence-corrected chi connectivity index (χ3v) is 3.46. The molecule has 0 saturated heterocycles. The second-order valence-corrected chi connectivity index (χ2v) is 4.35. The molecular formula is C10H18O3. The summed E-state index contributed by atoms with van der Waals surface area (Å²) in [6, 6.07) is 0. The van der Waals surface area contributed by atoms with Crippen molar-refractivity contribution in [3.05, 3.63) is 0 Å². The SMILES string of the molecule is COC(=O)C1CCC(CO)C1(C)C. The van der Waals surface area contributed by atoms with Crippen LogP contribution in [-0.2, 0) is 9.53 Å². The minimum absolute atomic E-state index is 0.0466. The van der Waals surface area contributed by atoms with E-state index in [9.17, 15) is 4.79 Å². The molecule has 1 N–H and O–H groups in total. The highest BCUT2D eigenvalue weighted by molar-refractivity contribution is 5.73. The lowest BCUT2D eigenvalue weighted by Crippen LogP contribution is -2.32. The van der Waals surface area contributed by atoms with Crippen LogP contribution < -0.4 is 0 Å². The van der Waals surface area contributed by atoms with E-state index in [-0.39, 0.29) is 29.8 Å². The minimum atomic E-state index is -0.138. The summed E-state index contributed by atoms with van der Waals surface area (Å²) in [5, 5.41) is 9.12. The molecule has 1 aliphatic rings. The van der Waals surface area contributed by atoms with Crippen molar-refractivity contribution in [3.8, 4) is 0 Å². The molecule has 0 radical (unpaired) electrons. The molecular weight excluding hydrogens is 168 g/mol. The van der Waals surface area contributed by atoms with Crippen LogP contribution in [0.2, 0.25) is 0 Å². The van der Waals surface area contributed by atoms with Gasteiger partial charge in [-0.1, -0.05) is 13.8 Å². The van der Waals surface area contributed by atoms with E-state index < -0.39 is 0 Å². The normalized spacial score (nSPS) is 31.7. The van der Waals surface area contributed by atoms with Gasteiger partial charge in [0, 0.05) is 6.61 Å². The number of rotatable bonds is 2. The maximum absolute atomic E-state index is 11.4. The van der Waals surface area contributed by atoms with Crippen LogP contribution in [0.1, 0.15) is 26.7 Å². The predicted molar refractivity (Wildman–Crippen MR) is 49.1 cm³/mol. The van der Waals surface area contributed by atoms with Gasteiger partial charge in [-0.25, -0.2) is 0 Å². The lowest BCUT2D eigenvalue weighted by atomic mass is 9.76. The van der Waals surface area contributed by atoms with Crippen LogP contribution in [0.5, 0.6) is 0 Å². The maximum Gasteiger partial charge on any atom is 0.309 e. The van der Waals surface area contributed by atoms with Crippen LogP contribution >= 0.6 is 0 Å². The number of hydrogen-bond acceptors (Lipinski definition) is 3. The number of hydrogen-bond donors (Lipinski definition) is 1. The number of ether oxygens (including phenoxy) is 1. The van der Waals surface area contributed by atoms with E-state index in [1.807, 2.05) is 13.8 Å². The quantitative estimate of drug-likeness (QED) is 0.659. The summed E-state index contributed by atoms with van der Waals surface area (Å²) in [6.45, 7) is 4.23. The Labute approximate surface area is 79.1 Å². The average Bonchev–Trinajstić information content (AvgIpc) is 2.39. The molecule has 1 fully saturated rings. The summed E-state index contributed by atoms with van der Waals surface area (Å²) in [4.78, 5) is 11.4. The molecule has 3 heteroatoms. The van der Waals surface area contributed by atoms with E-state index in [1.165, 1.54) is 7.11 Å². The second-order valence-electron chi connectivity index (χ2n) is 4.35. The summed E-state index contributed by atoms with van der Waals surface area (Å²) in [7, 11) is 1.42. The minimum Gasteiger partial charge on any atom is -0.469 e. The molecule has 76 valence electrons. The molecule has 2 atom stereocenters. The van der Waals surface area contributed by atoms with Gasteiger partial charge in [0.25, 0.3) is 0 Å². The van der Waals surface area contributed by atoms with Crippen LogP contribution in [0.4, 0.5) is 0 Å². The second kappa shape index (κ2) is 3.66. The van der Waals surface area contributed by atoms with Crippen LogP contribution in [0.15, 0.2) is 0 Å². The van der Waals surface area contributed by atoms with E-state index in [0.29, 0.717) is 0 Å². The van der Waals surface area contributed by atoms with E-state index in [2.05, 4.69) is 0 Å². The van der Waals surface area contributed by atoms with Gasteiger partial charge in [0.15, 0.2) is 0 Å². The molecule has 0 aromatic rings. The molecule has 0 spiro atoms. The predicted octanol–water partition coefficient (Wildman–Crippen LogP) is 1.20. The molecule has 0 heterocycles. The Bertz CT molecular complexity index is 198. The summed E-state index contributed by atoms with van der Waals surface area (Å²) < 4.78 is 4.74. The van der Waals surface area contributed by atoms with Gasteiger partial charge in [0.2, 0.25) is 0 Å². The van der Waals surface area contributed by atoms with Crippen molar-refractivity contribution < 1.29 is 14.6 Å². The van der Waals surface area contributed by atoms with Crippen LogP contribution in [0.25, 0.3) is 0 Å². The van der Waals surface area contributed by atoms with Crippen molar-refractivity contribution in [2.45, 2.75) is 26.7 Å². The van der Waals surface area contributed by atoms with Crippen molar-refractivity contribution in [1.82, 2.24) is 0 Å². The zero-order chi connectivity index (χ0) is 10.1. The molecule has 0 aromatic heterocycles. The fraction of sp³-hybridized carbons (Fsp3) is 0.900. The van der Waals surface area contributed by atoms with Crippen LogP contribution in [0.3, 0.4) is 0 Å². The van der Waals surface area contributed by atoms with E-state index >= 15 is 0 Å². The molecule has 1 rings (SSSR count). The highest BCUT2D eigenvalue weighted by atomic mass is 16.5. The van der Waals surface area contributed by atoms with Crippen LogP contribution in [0, 0.1) is 17.3 Å². The summed E-state index contributed by atoms with van der Waals surface area (Å²) >= 11 is 0. The highest BCUT2D eigenvalue weighted by Crippen LogP contribution is 2.47. The molecule has 2 unspecified atom stereocenters. The van der Waals surface area contributed by atoms with E-state index in [1.54, 1.807) is 0 Å². The third-order valence-electron chi connectivity index (χ3n) is 3.46. The first-order chi connectivity index (χ1) is 6.04. The smallest absolute Gasteiger partial charge is 0.309 e. The average molecular weight is 186 g/mol. The molecule has 1 aliphatic carbocycles. The molecule has 0 aromatic carbocycles. The Morgan fingerprint density at radius 2 is 2.15 bits per heavy atom. The van der Waals surface area contributed by atoms with Crippen molar-refractivity contribution in [1.29, 1.82) is 0 Å². The Kier molecular flexibility index (Phi) is 2.96. The summed E-state index contributed by atoms with van der Waals surface area (Å²) in [5.74, 6) is 0.0483. The van der Waals surface area contributed by atoms with Crippen molar-refractivity contribution >= 4 is 5.97 Å². The van der Waals surface area contributed by atoms with Gasteiger partial charge in [0.1, 0.15) is 0 Å². The molecule has 1 saturated carbocycles. The van der Waals surface area contributed by atoms with Gasteiger partial charge in [-0.3, -0.25) is 4.79 Å². The number of aliphatic hydroxyl groups excluding tert-OH is 1. The van der Waals surface area contributed by atoms with Crippen molar-refractivity contribution in [3.63, 3.8) is 0 Å². The summed E-state index contributed by atoms with van der Waals surface area (Å²) in [6.07, 6.45) is 1.76. The van der Waals surface area contributed by atoms with Crippen molar-refractivity contribution in [2.24, 2.45) is 17.3 Å². The first-order valence-corrected chi connectivity index (χ1v) is 4.72. The zero-order valence-corrected chi connectivity index (χ0v) is 8.54. The van der Waals surface area contributed by atoms with Gasteiger partial charge in [-0.15, -0.1) is 0 Å². The molecule has 0 amide bonds. The third kappa shape index (κ3) is 1.70. The highest BCUT2D eigenvalue weighted by Gasteiger charge is 2.46. The lowest BCUT2D eigenvalue weighted by Gasteiger charge is -2.30. The lowest BCUT2D eigenvalue weighted by molar-refractivity contribution is -0.149. The Morgan fingerprint density at radius 3 is 2.54 bits per heavy atom. The molecule has 3 nitrogen and oxygen atoms in total. The fourth-order valence-electron chi connectivity index (χ4n) is 2.29. The standard InChI is InChI=1S/C10H18O3/c1-10(2)7(6-11)4-5-8(10)9(12)13-3/h7-8,11H,4-6H2,1-3H3. The number of aliphatic hydroxyl groups is 1. The first kappa shape index (κ1) is 10.5. The molecule has 0 aliphatic heterocycles. The largest absolute Gasteiger partial charge is 0.469 e. The first-order valence-electron chi connectivity index (χ1n) is 4.72. The van der Waals surface area contributed by atoms with Gasteiger partial charge in [-0.2, -0.15) is 0 Å². The van der Waals surface area contributed by atoms with Gasteiger partial charge >= 0.3 is 5.97 Å². The Morgan fingerprint density at radius 1 is 1.54 bits per heavy atom. The molecule has 13 heavy (non-hydrogen) atoms. The Hall–Kier alpha value is -0.570. The van der Waals surface area contributed by atoms with Gasteiger partial charge in [-0.05, 0) is 24.2 Å². The van der Waals surface area contributed by atoms with Gasteiger partial charge < -0.3 is 9.84 Å².